The Morgan fingerprint density at radius 1 is 1.50 bits per heavy atom. The van der Waals surface area contributed by atoms with Crippen LogP contribution in [-0.4, -0.2) is 25.3 Å². The SMILES string of the molecule is CC.NC1=NC(CCOc2cccc(Cl)c2)CO1. The molecule has 5 heteroatoms. The van der Waals surface area contributed by atoms with Crippen LogP contribution in [0, 0.1) is 0 Å². The van der Waals surface area contributed by atoms with Gasteiger partial charge in [0.1, 0.15) is 12.4 Å². The van der Waals surface area contributed by atoms with Gasteiger partial charge in [0.15, 0.2) is 0 Å². The van der Waals surface area contributed by atoms with E-state index < -0.39 is 0 Å². The molecule has 18 heavy (non-hydrogen) atoms. The molecule has 0 saturated heterocycles. The second-order valence-corrected chi connectivity index (χ2v) is 3.96. The summed E-state index contributed by atoms with van der Waals surface area (Å²) in [5.41, 5.74) is 5.40. The zero-order chi connectivity index (χ0) is 13.4. The van der Waals surface area contributed by atoms with Crippen LogP contribution in [-0.2, 0) is 4.74 Å². The number of aliphatic imine (C=N–C) groups is 1. The Balaban J connectivity index is 0.000000771. The first-order chi connectivity index (χ1) is 8.74. The van der Waals surface area contributed by atoms with Crippen LogP contribution in [0.5, 0.6) is 5.75 Å². The van der Waals surface area contributed by atoms with Gasteiger partial charge in [-0.25, -0.2) is 4.99 Å². The van der Waals surface area contributed by atoms with Crippen LogP contribution in [0.2, 0.25) is 5.02 Å². The molecule has 1 aromatic rings. The van der Waals surface area contributed by atoms with Gasteiger partial charge in [-0.1, -0.05) is 31.5 Å². The Bertz CT molecular complexity index is 396. The highest BCUT2D eigenvalue weighted by atomic mass is 35.5. The first kappa shape index (κ1) is 14.6. The molecule has 2 N–H and O–H groups in total. The third-order valence-electron chi connectivity index (χ3n) is 2.25. The van der Waals surface area contributed by atoms with E-state index in [2.05, 4.69) is 4.99 Å². The van der Waals surface area contributed by atoms with Crippen molar-refractivity contribution >= 4 is 17.6 Å². The summed E-state index contributed by atoms with van der Waals surface area (Å²) in [6.45, 7) is 5.12. The van der Waals surface area contributed by atoms with E-state index in [-0.39, 0.29) is 12.1 Å². The second-order valence-electron chi connectivity index (χ2n) is 3.53. The van der Waals surface area contributed by atoms with Crippen LogP contribution >= 0.6 is 11.6 Å². The van der Waals surface area contributed by atoms with Crippen molar-refractivity contribution in [2.24, 2.45) is 10.7 Å². The van der Waals surface area contributed by atoms with E-state index in [1.165, 1.54) is 0 Å². The highest BCUT2D eigenvalue weighted by Gasteiger charge is 2.16. The maximum atomic E-state index is 5.83. The van der Waals surface area contributed by atoms with Crippen LogP contribution < -0.4 is 10.5 Å². The third-order valence-corrected chi connectivity index (χ3v) is 2.48. The lowest BCUT2D eigenvalue weighted by molar-refractivity contribution is 0.263. The van der Waals surface area contributed by atoms with Gasteiger partial charge in [0.25, 0.3) is 6.02 Å². The van der Waals surface area contributed by atoms with Gasteiger partial charge in [-0.15, -0.1) is 0 Å². The topological polar surface area (TPSA) is 56.8 Å². The largest absolute Gasteiger partial charge is 0.493 e. The number of rotatable bonds is 4. The Morgan fingerprint density at radius 2 is 2.28 bits per heavy atom. The minimum atomic E-state index is 0.110. The molecular weight excluding hydrogens is 252 g/mol. The van der Waals surface area contributed by atoms with E-state index in [0.29, 0.717) is 18.2 Å². The number of halogens is 1. The molecule has 1 unspecified atom stereocenters. The molecule has 1 atom stereocenters. The van der Waals surface area contributed by atoms with Crippen molar-refractivity contribution in [3.8, 4) is 5.75 Å². The lowest BCUT2D eigenvalue weighted by atomic mass is 10.2. The van der Waals surface area contributed by atoms with Gasteiger partial charge in [-0.2, -0.15) is 0 Å². The number of hydrogen-bond acceptors (Lipinski definition) is 4. The summed E-state index contributed by atoms with van der Waals surface area (Å²) in [4.78, 5) is 4.10. The lowest BCUT2D eigenvalue weighted by Crippen LogP contribution is -2.12. The molecule has 1 heterocycles. The summed E-state index contributed by atoms with van der Waals surface area (Å²) in [6.07, 6.45) is 0.785. The van der Waals surface area contributed by atoms with Crippen molar-refractivity contribution in [3.05, 3.63) is 29.3 Å². The highest BCUT2D eigenvalue weighted by molar-refractivity contribution is 6.30. The van der Waals surface area contributed by atoms with Gasteiger partial charge in [-0.3, -0.25) is 0 Å². The van der Waals surface area contributed by atoms with E-state index in [9.17, 15) is 0 Å². The first-order valence-electron chi connectivity index (χ1n) is 6.08. The minimum Gasteiger partial charge on any atom is -0.493 e. The van der Waals surface area contributed by atoms with Crippen LogP contribution in [0.15, 0.2) is 29.3 Å². The average molecular weight is 271 g/mol. The zero-order valence-corrected chi connectivity index (χ0v) is 11.5. The molecular formula is C13H19ClN2O2. The van der Waals surface area contributed by atoms with Crippen LogP contribution in [0.4, 0.5) is 0 Å². The van der Waals surface area contributed by atoms with Gasteiger partial charge in [0.2, 0.25) is 0 Å². The van der Waals surface area contributed by atoms with Crippen molar-refractivity contribution in [3.63, 3.8) is 0 Å². The zero-order valence-electron chi connectivity index (χ0n) is 10.7. The predicted octanol–water partition coefficient (Wildman–Crippen LogP) is 2.85. The summed E-state index contributed by atoms with van der Waals surface area (Å²) in [5.74, 6) is 0.767. The van der Waals surface area contributed by atoms with Crippen LogP contribution in [0.25, 0.3) is 0 Å². The Morgan fingerprint density at radius 3 is 2.89 bits per heavy atom. The van der Waals surface area contributed by atoms with Crippen molar-refractivity contribution < 1.29 is 9.47 Å². The molecule has 100 valence electrons. The van der Waals surface area contributed by atoms with Crippen LogP contribution in [0.3, 0.4) is 0 Å². The molecule has 0 aromatic heterocycles. The number of hydrogen-bond donors (Lipinski definition) is 1. The first-order valence-corrected chi connectivity index (χ1v) is 6.46. The molecule has 0 bridgehead atoms. The van der Waals surface area contributed by atoms with Gasteiger partial charge in [0, 0.05) is 11.4 Å². The molecule has 0 aliphatic carbocycles. The maximum absolute atomic E-state index is 5.83. The quantitative estimate of drug-likeness (QED) is 0.915. The van der Waals surface area contributed by atoms with E-state index >= 15 is 0 Å². The summed E-state index contributed by atoms with van der Waals surface area (Å²) < 4.78 is 10.6. The fraction of sp³-hybridized carbons (Fsp3) is 0.462. The molecule has 4 nitrogen and oxygen atoms in total. The summed E-state index contributed by atoms with van der Waals surface area (Å²) >= 11 is 5.83. The van der Waals surface area contributed by atoms with E-state index in [0.717, 1.165) is 12.2 Å². The third kappa shape index (κ3) is 4.84. The monoisotopic (exact) mass is 270 g/mol. The molecule has 1 aliphatic heterocycles. The Labute approximate surface area is 113 Å². The number of amidine groups is 1. The van der Waals surface area contributed by atoms with E-state index in [1.54, 1.807) is 6.07 Å². The standard InChI is InChI=1S/C11H13ClN2O2.C2H6/c12-8-2-1-3-10(6-8)15-5-4-9-7-16-11(13)14-9;1-2/h1-3,6,9H,4-5,7H2,(H2,13,14);1-2H3. The van der Waals surface area contributed by atoms with Gasteiger partial charge in [0.05, 0.1) is 12.6 Å². The van der Waals surface area contributed by atoms with Crippen molar-refractivity contribution in [2.75, 3.05) is 13.2 Å². The molecule has 0 spiro atoms. The number of nitrogens with two attached hydrogens (primary N) is 1. The molecule has 1 aliphatic rings. The molecule has 0 saturated carbocycles. The smallest absolute Gasteiger partial charge is 0.282 e. The highest BCUT2D eigenvalue weighted by Crippen LogP contribution is 2.17. The average Bonchev–Trinajstić information content (AvgIpc) is 2.78. The number of ether oxygens (including phenoxy) is 2. The number of nitrogens with zero attached hydrogens (tertiary/aromatic N) is 1. The van der Waals surface area contributed by atoms with Gasteiger partial charge < -0.3 is 15.2 Å². The summed E-state index contributed by atoms with van der Waals surface area (Å²) in [7, 11) is 0. The van der Waals surface area contributed by atoms with Gasteiger partial charge >= 0.3 is 0 Å². The fourth-order valence-electron chi connectivity index (χ4n) is 1.45. The minimum absolute atomic E-state index is 0.110. The second kappa shape index (κ2) is 7.82. The van der Waals surface area contributed by atoms with E-state index in [1.807, 2.05) is 32.0 Å². The summed E-state index contributed by atoms with van der Waals surface area (Å²) in [5, 5.41) is 0.670. The van der Waals surface area contributed by atoms with Crippen molar-refractivity contribution in [1.29, 1.82) is 0 Å². The van der Waals surface area contributed by atoms with Crippen LogP contribution in [0.1, 0.15) is 20.3 Å². The fourth-order valence-corrected chi connectivity index (χ4v) is 1.63. The lowest BCUT2D eigenvalue weighted by Gasteiger charge is -2.07. The molecule has 0 radical (unpaired) electrons. The molecule has 0 amide bonds. The van der Waals surface area contributed by atoms with Crippen molar-refractivity contribution in [2.45, 2.75) is 26.3 Å². The maximum Gasteiger partial charge on any atom is 0.282 e. The van der Waals surface area contributed by atoms with Crippen molar-refractivity contribution in [1.82, 2.24) is 0 Å². The number of benzene rings is 1. The normalized spacial score (nSPS) is 17.3. The molecule has 0 fully saturated rings. The Kier molecular flexibility index (Phi) is 6.36. The summed E-state index contributed by atoms with van der Waals surface area (Å²) in [6, 6.07) is 7.70. The van der Waals surface area contributed by atoms with Gasteiger partial charge in [-0.05, 0) is 18.2 Å². The Hall–Kier alpha value is -1.42. The van der Waals surface area contributed by atoms with E-state index in [4.69, 9.17) is 26.8 Å². The predicted molar refractivity (Wildman–Crippen MR) is 74.3 cm³/mol. The molecule has 1 aromatic carbocycles. The molecule has 2 rings (SSSR count).